The quantitative estimate of drug-likeness (QED) is 0.947. The first-order valence-electron chi connectivity index (χ1n) is 6.03. The molecule has 0 radical (unpaired) electrons. The fourth-order valence-electron chi connectivity index (χ4n) is 2.05. The van der Waals surface area contributed by atoms with Crippen LogP contribution in [0.15, 0.2) is 16.7 Å². The molecule has 1 N–H and O–H groups in total. The average Bonchev–Trinajstić information content (AvgIpc) is 2.68. The van der Waals surface area contributed by atoms with Gasteiger partial charge >= 0.3 is 0 Å². The fraction of sp³-hybridized carbons (Fsp3) is 0.385. The third-order valence-electron chi connectivity index (χ3n) is 2.83. The second-order valence-corrected chi connectivity index (χ2v) is 5.07. The summed E-state index contributed by atoms with van der Waals surface area (Å²) in [5.41, 5.74) is 3.37. The molecule has 2 rings (SSSR count). The van der Waals surface area contributed by atoms with Gasteiger partial charge in [-0.05, 0) is 47.8 Å². The van der Waals surface area contributed by atoms with Gasteiger partial charge < -0.3 is 5.32 Å². The van der Waals surface area contributed by atoms with Crippen molar-refractivity contribution in [1.29, 1.82) is 0 Å². The van der Waals surface area contributed by atoms with Crippen molar-refractivity contribution < 1.29 is 4.79 Å². The summed E-state index contributed by atoms with van der Waals surface area (Å²) in [5.74, 6) is -0.0700. The summed E-state index contributed by atoms with van der Waals surface area (Å²) in [7, 11) is 0. The van der Waals surface area contributed by atoms with Gasteiger partial charge in [0.15, 0.2) is 0 Å². The van der Waals surface area contributed by atoms with E-state index in [1.807, 2.05) is 37.4 Å². The molecule has 2 heterocycles. The molecule has 0 aromatic carbocycles. The van der Waals surface area contributed by atoms with Gasteiger partial charge in [0.25, 0.3) is 5.91 Å². The van der Waals surface area contributed by atoms with Crippen molar-refractivity contribution in [1.82, 2.24) is 14.7 Å². The van der Waals surface area contributed by atoms with E-state index in [-0.39, 0.29) is 5.91 Å². The zero-order valence-electron chi connectivity index (χ0n) is 10.7. The van der Waals surface area contributed by atoms with Crippen LogP contribution >= 0.6 is 15.9 Å². The Hall–Kier alpha value is -1.36. The van der Waals surface area contributed by atoms with Crippen molar-refractivity contribution in [2.45, 2.75) is 27.2 Å². The summed E-state index contributed by atoms with van der Waals surface area (Å²) in [6.45, 7) is 6.53. The minimum absolute atomic E-state index is 0.0700. The number of imidazole rings is 1. The normalized spacial score (nSPS) is 10.9. The number of aromatic nitrogens is 2. The van der Waals surface area contributed by atoms with Crippen LogP contribution in [-0.2, 0) is 6.42 Å². The fourth-order valence-corrected chi connectivity index (χ4v) is 2.59. The Bertz CT molecular complexity index is 604. The lowest BCUT2D eigenvalue weighted by molar-refractivity contribution is 0.0949. The van der Waals surface area contributed by atoms with Crippen molar-refractivity contribution in [3.63, 3.8) is 0 Å². The van der Waals surface area contributed by atoms with E-state index in [1.165, 1.54) is 0 Å². The lowest BCUT2D eigenvalue weighted by Crippen LogP contribution is -2.25. The number of hydrogen-bond donors (Lipinski definition) is 1. The monoisotopic (exact) mass is 309 g/mol. The lowest BCUT2D eigenvalue weighted by Gasteiger charge is -2.05. The highest BCUT2D eigenvalue weighted by Gasteiger charge is 2.18. The summed E-state index contributed by atoms with van der Waals surface area (Å²) >= 11 is 3.46. The Morgan fingerprint density at radius 2 is 2.22 bits per heavy atom. The highest BCUT2D eigenvalue weighted by atomic mass is 79.9. The van der Waals surface area contributed by atoms with Crippen LogP contribution in [0.3, 0.4) is 0 Å². The molecule has 0 bridgehead atoms. The maximum absolute atomic E-state index is 12.1. The van der Waals surface area contributed by atoms with Crippen LogP contribution in [0.4, 0.5) is 0 Å². The standard InChI is InChI=1S/C13H16BrN3O/c1-4-10-11(13(18)15-5-2)17-7-9(14)6-8(3)12(17)16-10/h6-7H,4-5H2,1-3H3,(H,15,18). The van der Waals surface area contributed by atoms with Gasteiger partial charge in [-0.25, -0.2) is 4.98 Å². The van der Waals surface area contributed by atoms with E-state index in [0.29, 0.717) is 12.2 Å². The van der Waals surface area contributed by atoms with E-state index in [2.05, 4.69) is 26.2 Å². The SMILES string of the molecule is CCNC(=O)c1c(CC)nc2c(C)cc(Br)cn12. The van der Waals surface area contributed by atoms with Gasteiger partial charge in [0.2, 0.25) is 0 Å². The Morgan fingerprint density at radius 3 is 2.83 bits per heavy atom. The number of carbonyl (C=O) groups is 1. The Labute approximate surface area is 115 Å². The van der Waals surface area contributed by atoms with E-state index in [4.69, 9.17) is 0 Å². The molecular formula is C13H16BrN3O. The van der Waals surface area contributed by atoms with Gasteiger partial charge in [0.1, 0.15) is 11.3 Å². The minimum Gasteiger partial charge on any atom is -0.351 e. The van der Waals surface area contributed by atoms with Crippen molar-refractivity contribution >= 4 is 27.5 Å². The molecular weight excluding hydrogens is 294 g/mol. The number of carbonyl (C=O) groups excluding carboxylic acids is 1. The molecule has 18 heavy (non-hydrogen) atoms. The molecule has 0 aliphatic carbocycles. The number of nitrogens with zero attached hydrogens (tertiary/aromatic N) is 2. The van der Waals surface area contributed by atoms with Crippen LogP contribution in [0.25, 0.3) is 5.65 Å². The van der Waals surface area contributed by atoms with E-state index >= 15 is 0 Å². The first-order valence-corrected chi connectivity index (χ1v) is 6.83. The summed E-state index contributed by atoms with van der Waals surface area (Å²) in [4.78, 5) is 16.7. The summed E-state index contributed by atoms with van der Waals surface area (Å²) in [5, 5.41) is 2.84. The van der Waals surface area contributed by atoms with Gasteiger partial charge in [-0.15, -0.1) is 0 Å². The van der Waals surface area contributed by atoms with Crippen LogP contribution in [0.1, 0.15) is 35.6 Å². The molecule has 4 nitrogen and oxygen atoms in total. The van der Waals surface area contributed by atoms with Gasteiger partial charge in [-0.2, -0.15) is 0 Å². The molecule has 0 atom stereocenters. The predicted octanol–water partition coefficient (Wildman–Crippen LogP) is 2.72. The average molecular weight is 310 g/mol. The van der Waals surface area contributed by atoms with Crippen molar-refractivity contribution in [2.75, 3.05) is 6.54 Å². The molecule has 96 valence electrons. The minimum atomic E-state index is -0.0700. The lowest BCUT2D eigenvalue weighted by atomic mass is 10.2. The molecule has 0 saturated heterocycles. The first kappa shape index (κ1) is 13.1. The van der Waals surface area contributed by atoms with E-state index in [9.17, 15) is 4.79 Å². The third kappa shape index (κ3) is 2.14. The summed E-state index contributed by atoms with van der Waals surface area (Å²) in [6.07, 6.45) is 2.63. The molecule has 2 aromatic rings. The molecule has 0 unspecified atom stereocenters. The topological polar surface area (TPSA) is 46.4 Å². The molecule has 1 amide bonds. The van der Waals surface area contributed by atoms with E-state index < -0.39 is 0 Å². The van der Waals surface area contributed by atoms with Gasteiger partial charge in [0.05, 0.1) is 5.69 Å². The molecule has 2 aromatic heterocycles. The molecule has 0 spiro atoms. The smallest absolute Gasteiger partial charge is 0.270 e. The Kier molecular flexibility index (Phi) is 3.71. The molecule has 0 aliphatic rings. The number of aryl methyl sites for hydroxylation is 2. The van der Waals surface area contributed by atoms with Crippen LogP contribution in [0.2, 0.25) is 0 Å². The van der Waals surface area contributed by atoms with E-state index in [0.717, 1.165) is 27.8 Å². The maximum atomic E-state index is 12.1. The number of halogens is 1. The largest absolute Gasteiger partial charge is 0.351 e. The maximum Gasteiger partial charge on any atom is 0.270 e. The highest BCUT2D eigenvalue weighted by Crippen LogP contribution is 2.21. The van der Waals surface area contributed by atoms with Crippen molar-refractivity contribution in [3.05, 3.63) is 33.7 Å². The summed E-state index contributed by atoms with van der Waals surface area (Å²) < 4.78 is 2.81. The first-order chi connectivity index (χ1) is 8.58. The number of pyridine rings is 1. The number of fused-ring (bicyclic) bond motifs is 1. The zero-order chi connectivity index (χ0) is 13.3. The number of nitrogens with one attached hydrogen (secondary N) is 1. The summed E-state index contributed by atoms with van der Waals surface area (Å²) in [6, 6.07) is 2.00. The number of hydrogen-bond acceptors (Lipinski definition) is 2. The second-order valence-electron chi connectivity index (χ2n) is 4.16. The Balaban J connectivity index is 2.72. The predicted molar refractivity (Wildman–Crippen MR) is 75.0 cm³/mol. The van der Waals surface area contributed by atoms with Gasteiger partial charge in [-0.1, -0.05) is 6.92 Å². The van der Waals surface area contributed by atoms with Crippen molar-refractivity contribution in [2.24, 2.45) is 0 Å². The number of amides is 1. The Morgan fingerprint density at radius 1 is 1.50 bits per heavy atom. The highest BCUT2D eigenvalue weighted by molar-refractivity contribution is 9.10. The molecule has 5 heteroatoms. The van der Waals surface area contributed by atoms with Crippen LogP contribution in [0, 0.1) is 6.92 Å². The van der Waals surface area contributed by atoms with E-state index in [1.54, 1.807) is 0 Å². The van der Waals surface area contributed by atoms with Crippen LogP contribution < -0.4 is 5.32 Å². The van der Waals surface area contributed by atoms with Crippen LogP contribution in [-0.4, -0.2) is 21.8 Å². The molecule has 0 fully saturated rings. The number of rotatable bonds is 3. The second kappa shape index (κ2) is 5.10. The molecule has 0 saturated carbocycles. The zero-order valence-corrected chi connectivity index (χ0v) is 12.3. The van der Waals surface area contributed by atoms with Crippen molar-refractivity contribution in [3.8, 4) is 0 Å². The van der Waals surface area contributed by atoms with Gasteiger partial charge in [-0.3, -0.25) is 9.20 Å². The molecule has 0 aliphatic heterocycles. The van der Waals surface area contributed by atoms with Gasteiger partial charge in [0, 0.05) is 17.2 Å². The van der Waals surface area contributed by atoms with Crippen LogP contribution in [0.5, 0.6) is 0 Å². The third-order valence-corrected chi connectivity index (χ3v) is 3.26.